The summed E-state index contributed by atoms with van der Waals surface area (Å²) in [5.41, 5.74) is 3.91. The molecule has 1 aromatic carbocycles. The van der Waals surface area contributed by atoms with Gasteiger partial charge in [-0.3, -0.25) is 4.79 Å². The number of hydrogen-bond donors (Lipinski definition) is 2. The first kappa shape index (κ1) is 16.3. The van der Waals surface area contributed by atoms with Gasteiger partial charge in [0.25, 0.3) is 0 Å². The number of aryl methyl sites for hydroxylation is 2. The van der Waals surface area contributed by atoms with Crippen LogP contribution in [-0.2, 0) is 17.6 Å². The highest BCUT2D eigenvalue weighted by Crippen LogP contribution is 2.24. The predicted molar refractivity (Wildman–Crippen MR) is 84.9 cm³/mol. The van der Waals surface area contributed by atoms with E-state index in [9.17, 15) is 9.59 Å². The van der Waals surface area contributed by atoms with E-state index in [0.717, 1.165) is 18.4 Å². The number of fused-ring (bicyclic) bond motifs is 1. The number of rotatable bonds is 5. The lowest BCUT2D eigenvalue weighted by molar-refractivity contribution is -0.137. The quantitative estimate of drug-likeness (QED) is 0.879. The van der Waals surface area contributed by atoms with Crippen LogP contribution in [0.2, 0.25) is 0 Å². The molecule has 2 rings (SSSR count). The summed E-state index contributed by atoms with van der Waals surface area (Å²) in [7, 11) is 1.61. The van der Waals surface area contributed by atoms with Crippen LogP contribution < -0.4 is 5.32 Å². The van der Waals surface area contributed by atoms with Crippen LogP contribution in [0.5, 0.6) is 0 Å². The van der Waals surface area contributed by atoms with E-state index < -0.39 is 5.97 Å². The van der Waals surface area contributed by atoms with Crippen molar-refractivity contribution in [2.45, 2.75) is 45.1 Å². The second-order valence-electron chi connectivity index (χ2n) is 5.97. The monoisotopic (exact) mass is 304 g/mol. The SMILES string of the molecule is C[C@@H](NC(=O)N(C)CCC(=O)O)c1ccc2c(c1)CCCC2. The molecule has 0 saturated heterocycles. The van der Waals surface area contributed by atoms with Crippen molar-refractivity contribution < 1.29 is 14.7 Å². The Morgan fingerprint density at radius 1 is 1.27 bits per heavy atom. The van der Waals surface area contributed by atoms with E-state index in [1.807, 2.05) is 6.92 Å². The highest BCUT2D eigenvalue weighted by Gasteiger charge is 2.16. The molecular formula is C17H24N2O3. The average Bonchev–Trinajstić information content (AvgIpc) is 2.51. The van der Waals surface area contributed by atoms with Crippen molar-refractivity contribution in [3.8, 4) is 0 Å². The maximum atomic E-state index is 12.0. The van der Waals surface area contributed by atoms with Crippen molar-refractivity contribution in [3.05, 3.63) is 34.9 Å². The van der Waals surface area contributed by atoms with Gasteiger partial charge in [-0.1, -0.05) is 18.2 Å². The fourth-order valence-corrected chi connectivity index (χ4v) is 2.77. The average molecular weight is 304 g/mol. The second kappa shape index (κ2) is 7.29. The summed E-state index contributed by atoms with van der Waals surface area (Å²) in [6.07, 6.45) is 4.70. The van der Waals surface area contributed by atoms with Gasteiger partial charge >= 0.3 is 12.0 Å². The molecule has 0 saturated carbocycles. The molecule has 0 spiro atoms. The molecule has 1 aliphatic rings. The molecular weight excluding hydrogens is 280 g/mol. The van der Waals surface area contributed by atoms with Gasteiger partial charge in [0.2, 0.25) is 0 Å². The third-order valence-electron chi connectivity index (χ3n) is 4.22. The maximum absolute atomic E-state index is 12.0. The normalized spacial score (nSPS) is 14.8. The summed E-state index contributed by atoms with van der Waals surface area (Å²) in [5.74, 6) is -0.901. The van der Waals surface area contributed by atoms with Crippen LogP contribution in [0.4, 0.5) is 4.79 Å². The Balaban J connectivity index is 1.95. The van der Waals surface area contributed by atoms with E-state index in [4.69, 9.17) is 5.11 Å². The van der Waals surface area contributed by atoms with E-state index in [1.54, 1.807) is 7.05 Å². The minimum absolute atomic E-state index is 0.0445. The predicted octanol–water partition coefficient (Wildman–Crippen LogP) is 2.74. The number of carbonyl (C=O) groups excluding carboxylic acids is 1. The Kier molecular flexibility index (Phi) is 5.41. The first-order valence-electron chi connectivity index (χ1n) is 7.82. The third kappa shape index (κ3) is 4.23. The number of urea groups is 1. The summed E-state index contributed by atoms with van der Waals surface area (Å²) < 4.78 is 0. The highest BCUT2D eigenvalue weighted by atomic mass is 16.4. The molecule has 0 aliphatic heterocycles. The summed E-state index contributed by atoms with van der Waals surface area (Å²) in [5, 5.41) is 11.6. The molecule has 2 N–H and O–H groups in total. The van der Waals surface area contributed by atoms with E-state index in [0.29, 0.717) is 0 Å². The molecule has 1 aromatic rings. The number of carbonyl (C=O) groups is 2. The molecule has 120 valence electrons. The Hall–Kier alpha value is -2.04. The minimum Gasteiger partial charge on any atom is -0.481 e. The van der Waals surface area contributed by atoms with Gasteiger partial charge < -0.3 is 15.3 Å². The minimum atomic E-state index is -0.901. The number of carboxylic acid groups (broad SMARTS) is 1. The third-order valence-corrected chi connectivity index (χ3v) is 4.22. The van der Waals surface area contributed by atoms with Crippen LogP contribution in [-0.4, -0.2) is 35.6 Å². The highest BCUT2D eigenvalue weighted by molar-refractivity contribution is 5.75. The van der Waals surface area contributed by atoms with Gasteiger partial charge in [-0.25, -0.2) is 4.79 Å². The van der Waals surface area contributed by atoms with Crippen molar-refractivity contribution in [2.75, 3.05) is 13.6 Å². The molecule has 1 aliphatic carbocycles. The van der Waals surface area contributed by atoms with Crippen LogP contribution in [0.3, 0.4) is 0 Å². The topological polar surface area (TPSA) is 69.6 Å². The molecule has 0 unspecified atom stereocenters. The Morgan fingerprint density at radius 2 is 1.95 bits per heavy atom. The molecule has 0 heterocycles. The number of amides is 2. The number of nitrogens with zero attached hydrogens (tertiary/aromatic N) is 1. The Morgan fingerprint density at radius 3 is 2.64 bits per heavy atom. The fourth-order valence-electron chi connectivity index (χ4n) is 2.77. The number of hydrogen-bond acceptors (Lipinski definition) is 2. The maximum Gasteiger partial charge on any atom is 0.317 e. The van der Waals surface area contributed by atoms with Gasteiger partial charge in [0, 0.05) is 13.6 Å². The molecule has 0 bridgehead atoms. The smallest absolute Gasteiger partial charge is 0.317 e. The number of aliphatic carboxylic acids is 1. The van der Waals surface area contributed by atoms with E-state index in [-0.39, 0.29) is 25.0 Å². The first-order valence-corrected chi connectivity index (χ1v) is 7.82. The van der Waals surface area contributed by atoms with Crippen molar-refractivity contribution in [2.24, 2.45) is 0 Å². The van der Waals surface area contributed by atoms with Gasteiger partial charge in [-0.05, 0) is 49.3 Å². The largest absolute Gasteiger partial charge is 0.481 e. The van der Waals surface area contributed by atoms with E-state index >= 15 is 0 Å². The molecule has 0 aromatic heterocycles. The van der Waals surface area contributed by atoms with Gasteiger partial charge in [0.1, 0.15) is 0 Å². The van der Waals surface area contributed by atoms with Crippen molar-refractivity contribution >= 4 is 12.0 Å². The summed E-state index contributed by atoms with van der Waals surface area (Å²) in [6.45, 7) is 2.16. The van der Waals surface area contributed by atoms with Crippen molar-refractivity contribution in [1.29, 1.82) is 0 Å². The Bertz CT molecular complexity index is 557. The van der Waals surface area contributed by atoms with Crippen LogP contribution in [0, 0.1) is 0 Å². The van der Waals surface area contributed by atoms with Gasteiger partial charge in [0.05, 0.1) is 12.5 Å². The molecule has 2 amide bonds. The summed E-state index contributed by atoms with van der Waals surface area (Å²) in [6, 6.07) is 6.10. The zero-order valence-corrected chi connectivity index (χ0v) is 13.3. The zero-order chi connectivity index (χ0) is 16.1. The fraction of sp³-hybridized carbons (Fsp3) is 0.529. The number of carboxylic acids is 1. The van der Waals surface area contributed by atoms with Crippen LogP contribution in [0.15, 0.2) is 18.2 Å². The lowest BCUT2D eigenvalue weighted by Gasteiger charge is -2.23. The lowest BCUT2D eigenvalue weighted by atomic mass is 9.89. The van der Waals surface area contributed by atoms with Crippen LogP contribution >= 0.6 is 0 Å². The lowest BCUT2D eigenvalue weighted by Crippen LogP contribution is -2.39. The Labute approximate surface area is 131 Å². The van der Waals surface area contributed by atoms with Gasteiger partial charge in [-0.15, -0.1) is 0 Å². The first-order chi connectivity index (χ1) is 10.5. The molecule has 5 heteroatoms. The van der Waals surface area contributed by atoms with Gasteiger partial charge in [0.15, 0.2) is 0 Å². The van der Waals surface area contributed by atoms with Crippen LogP contribution in [0.25, 0.3) is 0 Å². The van der Waals surface area contributed by atoms with E-state index in [2.05, 4.69) is 23.5 Å². The molecule has 22 heavy (non-hydrogen) atoms. The van der Waals surface area contributed by atoms with Crippen LogP contribution in [0.1, 0.15) is 48.9 Å². The molecule has 5 nitrogen and oxygen atoms in total. The number of benzene rings is 1. The molecule has 0 fully saturated rings. The standard InChI is InChI=1S/C17H24N2O3/c1-12(18-17(22)19(2)10-9-16(20)21)14-8-7-13-5-3-4-6-15(13)11-14/h7-8,11-12H,3-6,9-10H2,1-2H3,(H,18,22)(H,20,21)/t12-/m1/s1. The molecule has 1 atom stereocenters. The number of nitrogens with one attached hydrogen (secondary N) is 1. The summed E-state index contributed by atoms with van der Waals surface area (Å²) in [4.78, 5) is 24.0. The van der Waals surface area contributed by atoms with Crippen molar-refractivity contribution in [3.63, 3.8) is 0 Å². The van der Waals surface area contributed by atoms with Crippen molar-refractivity contribution in [1.82, 2.24) is 10.2 Å². The molecule has 0 radical (unpaired) electrons. The summed E-state index contributed by atoms with van der Waals surface area (Å²) >= 11 is 0. The van der Waals surface area contributed by atoms with E-state index in [1.165, 1.54) is 28.9 Å². The second-order valence-corrected chi connectivity index (χ2v) is 5.97. The zero-order valence-electron chi connectivity index (χ0n) is 13.3. The van der Waals surface area contributed by atoms with Gasteiger partial charge in [-0.2, -0.15) is 0 Å².